The van der Waals surface area contributed by atoms with Crippen LogP contribution in [0, 0.1) is 25.5 Å². The number of carbonyl (C=O) groups is 1. The highest BCUT2D eigenvalue weighted by atomic mass is 19.4. The molecule has 3 rings (SSSR count). The summed E-state index contributed by atoms with van der Waals surface area (Å²) in [6, 6.07) is 11.2. The van der Waals surface area contributed by atoms with Crippen LogP contribution < -0.4 is 10.1 Å². The molecule has 3 nitrogen and oxygen atoms in total. The fourth-order valence-corrected chi connectivity index (χ4v) is 3.39. The topological polar surface area (TPSA) is 38.3 Å². The molecular weight excluding hydrogens is 429 g/mol. The molecule has 0 saturated heterocycles. The Balaban J connectivity index is 1.72. The monoisotopic (exact) mass is 449 g/mol. The summed E-state index contributed by atoms with van der Waals surface area (Å²) in [5, 5.41) is 2.34. The Hall–Kier alpha value is -3.42. The molecule has 0 fully saturated rings. The Morgan fingerprint density at radius 2 is 1.62 bits per heavy atom. The van der Waals surface area contributed by atoms with Crippen molar-refractivity contribution < 1.29 is 31.5 Å². The minimum absolute atomic E-state index is 0.117. The van der Waals surface area contributed by atoms with E-state index >= 15 is 0 Å². The molecule has 0 aliphatic rings. The van der Waals surface area contributed by atoms with E-state index in [1.54, 1.807) is 26.0 Å². The Bertz CT molecular complexity index is 1120. The number of carbonyl (C=O) groups excluding carboxylic acids is 1. The van der Waals surface area contributed by atoms with Crippen molar-refractivity contribution in [2.45, 2.75) is 26.4 Å². The predicted molar refractivity (Wildman–Crippen MR) is 111 cm³/mol. The maximum atomic E-state index is 13.7. The molecule has 0 bridgehead atoms. The van der Waals surface area contributed by atoms with E-state index in [0.717, 1.165) is 18.2 Å². The van der Waals surface area contributed by atoms with Gasteiger partial charge in [-0.15, -0.1) is 0 Å². The number of amides is 1. The second-order valence-corrected chi connectivity index (χ2v) is 7.26. The van der Waals surface area contributed by atoms with E-state index in [1.807, 2.05) is 0 Å². The number of anilines is 1. The number of rotatable bonds is 6. The summed E-state index contributed by atoms with van der Waals surface area (Å²) in [5.41, 5.74) is 0.296. The Morgan fingerprint density at radius 3 is 2.25 bits per heavy atom. The van der Waals surface area contributed by atoms with Gasteiger partial charge in [-0.25, -0.2) is 8.78 Å². The third kappa shape index (κ3) is 5.43. The van der Waals surface area contributed by atoms with Gasteiger partial charge < -0.3 is 10.1 Å². The van der Waals surface area contributed by atoms with E-state index in [4.69, 9.17) is 4.74 Å². The Morgan fingerprint density at radius 1 is 0.969 bits per heavy atom. The molecule has 3 aromatic carbocycles. The fraction of sp³-hybridized carbons (Fsp3) is 0.208. The number of ether oxygens (including phenoxy) is 1. The number of alkyl halides is 3. The fourth-order valence-electron chi connectivity index (χ4n) is 3.39. The first-order valence-electron chi connectivity index (χ1n) is 9.72. The zero-order valence-electron chi connectivity index (χ0n) is 17.3. The van der Waals surface area contributed by atoms with Crippen molar-refractivity contribution in [3.05, 3.63) is 94.0 Å². The summed E-state index contributed by atoms with van der Waals surface area (Å²) in [4.78, 5) is 12.7. The summed E-state index contributed by atoms with van der Waals surface area (Å²) in [6.07, 6.45) is -4.39. The van der Waals surface area contributed by atoms with Gasteiger partial charge in [0.15, 0.2) is 0 Å². The molecule has 0 radical (unpaired) electrons. The Labute approximate surface area is 181 Å². The maximum absolute atomic E-state index is 13.7. The summed E-state index contributed by atoms with van der Waals surface area (Å²) < 4.78 is 71.9. The zero-order chi connectivity index (χ0) is 23.5. The van der Waals surface area contributed by atoms with Gasteiger partial charge in [-0.1, -0.05) is 18.2 Å². The minimum Gasteiger partial charge on any atom is -0.493 e. The van der Waals surface area contributed by atoms with Crippen molar-refractivity contribution in [2.75, 3.05) is 11.9 Å². The van der Waals surface area contributed by atoms with E-state index in [0.29, 0.717) is 22.4 Å². The van der Waals surface area contributed by atoms with Gasteiger partial charge in [0.25, 0.3) is 5.91 Å². The third-order valence-corrected chi connectivity index (χ3v) is 4.87. The first kappa shape index (κ1) is 23.2. The SMILES string of the molecule is Cc1cc(OCCc2ccc(F)cc2F)cc(C)c1C(=O)Nc1ccccc1C(F)(F)F. The first-order chi connectivity index (χ1) is 15.1. The van der Waals surface area contributed by atoms with Crippen molar-refractivity contribution in [1.82, 2.24) is 0 Å². The van der Waals surface area contributed by atoms with Gasteiger partial charge in [-0.3, -0.25) is 4.79 Å². The van der Waals surface area contributed by atoms with Gasteiger partial charge in [0, 0.05) is 18.1 Å². The highest BCUT2D eigenvalue weighted by Crippen LogP contribution is 2.35. The van der Waals surface area contributed by atoms with Crippen LogP contribution in [0.25, 0.3) is 0 Å². The van der Waals surface area contributed by atoms with Crippen LogP contribution in [0.3, 0.4) is 0 Å². The molecule has 1 N–H and O–H groups in total. The second kappa shape index (κ2) is 9.38. The van der Waals surface area contributed by atoms with Crippen LogP contribution in [0.2, 0.25) is 0 Å². The molecule has 0 aromatic heterocycles. The molecule has 168 valence electrons. The largest absolute Gasteiger partial charge is 0.493 e. The molecule has 0 saturated carbocycles. The van der Waals surface area contributed by atoms with E-state index in [-0.39, 0.29) is 24.3 Å². The molecule has 0 aliphatic heterocycles. The van der Waals surface area contributed by atoms with Crippen LogP contribution in [0.15, 0.2) is 54.6 Å². The lowest BCUT2D eigenvalue weighted by molar-refractivity contribution is -0.136. The van der Waals surface area contributed by atoms with Crippen LogP contribution in [-0.2, 0) is 12.6 Å². The van der Waals surface area contributed by atoms with E-state index in [2.05, 4.69) is 5.32 Å². The quantitative estimate of drug-likeness (QED) is 0.438. The van der Waals surface area contributed by atoms with Crippen LogP contribution in [0.4, 0.5) is 27.6 Å². The lowest BCUT2D eigenvalue weighted by atomic mass is 10.0. The highest BCUT2D eigenvalue weighted by Gasteiger charge is 2.33. The van der Waals surface area contributed by atoms with Gasteiger partial charge in [0.1, 0.15) is 17.4 Å². The number of halogens is 5. The summed E-state index contributed by atoms with van der Waals surface area (Å²) in [7, 11) is 0. The van der Waals surface area contributed by atoms with E-state index < -0.39 is 29.3 Å². The molecule has 32 heavy (non-hydrogen) atoms. The lowest BCUT2D eigenvalue weighted by Gasteiger charge is -2.16. The lowest BCUT2D eigenvalue weighted by Crippen LogP contribution is -2.18. The average Bonchev–Trinajstić information content (AvgIpc) is 2.69. The van der Waals surface area contributed by atoms with E-state index in [9.17, 15) is 26.7 Å². The summed E-state index contributed by atoms with van der Waals surface area (Å²) >= 11 is 0. The van der Waals surface area contributed by atoms with Gasteiger partial charge in [-0.05, 0) is 60.9 Å². The van der Waals surface area contributed by atoms with Gasteiger partial charge in [0.05, 0.1) is 17.9 Å². The van der Waals surface area contributed by atoms with Crippen LogP contribution in [0.1, 0.15) is 32.6 Å². The number of hydrogen-bond acceptors (Lipinski definition) is 2. The van der Waals surface area contributed by atoms with Crippen LogP contribution in [0.5, 0.6) is 5.75 Å². The average molecular weight is 449 g/mol. The molecule has 1 amide bonds. The highest BCUT2D eigenvalue weighted by molar-refractivity contribution is 6.06. The number of aryl methyl sites for hydroxylation is 2. The zero-order valence-corrected chi connectivity index (χ0v) is 17.3. The van der Waals surface area contributed by atoms with Gasteiger partial charge in [0.2, 0.25) is 0 Å². The van der Waals surface area contributed by atoms with Crippen molar-refractivity contribution in [3.63, 3.8) is 0 Å². The van der Waals surface area contributed by atoms with Crippen molar-refractivity contribution >= 4 is 11.6 Å². The normalized spacial score (nSPS) is 11.3. The first-order valence-corrected chi connectivity index (χ1v) is 9.72. The standard InChI is InChI=1S/C24H20F5NO2/c1-14-11-18(32-10-9-16-7-8-17(25)13-20(16)26)12-15(2)22(14)23(31)30-21-6-4-3-5-19(21)24(27,28)29/h3-8,11-13H,9-10H2,1-2H3,(H,30,31). The van der Waals surface area contributed by atoms with Crippen LogP contribution >= 0.6 is 0 Å². The number of para-hydroxylation sites is 1. The smallest absolute Gasteiger partial charge is 0.418 e. The van der Waals surface area contributed by atoms with Crippen molar-refractivity contribution in [2.24, 2.45) is 0 Å². The molecule has 3 aromatic rings. The minimum atomic E-state index is -4.60. The molecule has 8 heteroatoms. The molecular formula is C24H20F5NO2. The van der Waals surface area contributed by atoms with E-state index in [1.165, 1.54) is 24.3 Å². The van der Waals surface area contributed by atoms with Crippen molar-refractivity contribution in [3.8, 4) is 5.75 Å². The third-order valence-electron chi connectivity index (χ3n) is 4.87. The number of hydrogen-bond donors (Lipinski definition) is 1. The van der Waals surface area contributed by atoms with Gasteiger partial charge in [-0.2, -0.15) is 13.2 Å². The van der Waals surface area contributed by atoms with Crippen LogP contribution in [-0.4, -0.2) is 12.5 Å². The molecule has 0 atom stereocenters. The Kier molecular flexibility index (Phi) is 6.81. The predicted octanol–water partition coefficient (Wildman–Crippen LogP) is 6.47. The van der Waals surface area contributed by atoms with Gasteiger partial charge >= 0.3 is 6.18 Å². The molecule has 0 unspecified atom stereocenters. The summed E-state index contributed by atoms with van der Waals surface area (Å²) in [5.74, 6) is -1.57. The number of nitrogens with one attached hydrogen (secondary N) is 1. The maximum Gasteiger partial charge on any atom is 0.418 e. The molecule has 0 spiro atoms. The van der Waals surface area contributed by atoms with Crippen molar-refractivity contribution in [1.29, 1.82) is 0 Å². The number of benzene rings is 3. The molecule has 0 heterocycles. The second-order valence-electron chi connectivity index (χ2n) is 7.26. The molecule has 0 aliphatic carbocycles. The summed E-state index contributed by atoms with van der Waals surface area (Å²) in [6.45, 7) is 3.40.